The highest BCUT2D eigenvalue weighted by Crippen LogP contribution is 2.35. The zero-order valence-corrected chi connectivity index (χ0v) is 19.4. The third kappa shape index (κ3) is 5.53. The SMILES string of the molecule is C=CCNc1nccc(-c2[nH]c(C3OCC(C)(C(=O)NCCN)CO3)nc2-c2ccc(F)cc2)n1. The van der Waals surface area contributed by atoms with Crippen molar-refractivity contribution >= 4 is 11.9 Å². The van der Waals surface area contributed by atoms with Crippen LogP contribution in [0.3, 0.4) is 0 Å². The first-order chi connectivity index (χ1) is 16.9. The summed E-state index contributed by atoms with van der Waals surface area (Å²) in [5, 5.41) is 5.83. The lowest BCUT2D eigenvalue weighted by atomic mass is 9.91. The van der Waals surface area contributed by atoms with Crippen molar-refractivity contribution in [1.82, 2.24) is 25.3 Å². The fraction of sp³-hybridized carbons (Fsp3) is 0.333. The Morgan fingerprint density at radius 1 is 1.29 bits per heavy atom. The van der Waals surface area contributed by atoms with Crippen LogP contribution in [0, 0.1) is 11.2 Å². The van der Waals surface area contributed by atoms with Crippen molar-refractivity contribution in [3.8, 4) is 22.6 Å². The number of benzene rings is 1. The van der Waals surface area contributed by atoms with E-state index in [4.69, 9.17) is 20.2 Å². The maximum atomic E-state index is 13.6. The van der Waals surface area contributed by atoms with Crippen LogP contribution in [0.15, 0.2) is 49.2 Å². The fourth-order valence-electron chi connectivity index (χ4n) is 3.55. The normalized spacial score (nSPS) is 19.8. The molecule has 0 bridgehead atoms. The van der Waals surface area contributed by atoms with Gasteiger partial charge in [0.05, 0.1) is 35.7 Å². The van der Waals surface area contributed by atoms with Crippen LogP contribution in [0.1, 0.15) is 19.0 Å². The van der Waals surface area contributed by atoms with Crippen molar-refractivity contribution < 1.29 is 18.7 Å². The number of rotatable bonds is 9. The smallest absolute Gasteiger partial charge is 0.230 e. The largest absolute Gasteiger partial charge is 0.354 e. The van der Waals surface area contributed by atoms with Gasteiger partial charge >= 0.3 is 0 Å². The first kappa shape index (κ1) is 24.5. The number of amides is 1. The Bertz CT molecular complexity index is 1170. The van der Waals surface area contributed by atoms with Gasteiger partial charge in [-0.05, 0) is 37.3 Å². The lowest BCUT2D eigenvalue weighted by Crippen LogP contribution is -2.49. The number of hydrogen-bond acceptors (Lipinski definition) is 8. The number of nitrogens with one attached hydrogen (secondary N) is 3. The number of carbonyl (C=O) groups excluding carboxylic acids is 1. The average Bonchev–Trinajstić information content (AvgIpc) is 3.32. The summed E-state index contributed by atoms with van der Waals surface area (Å²) >= 11 is 0. The molecular formula is C24H28FN7O3. The Hall–Kier alpha value is -3.67. The molecule has 1 aliphatic rings. The Labute approximate surface area is 202 Å². The van der Waals surface area contributed by atoms with Crippen molar-refractivity contribution in [2.45, 2.75) is 13.2 Å². The molecule has 0 unspecified atom stereocenters. The predicted molar refractivity (Wildman–Crippen MR) is 129 cm³/mol. The molecule has 1 amide bonds. The standard InChI is InChI=1S/C24H28FN7O3/c1-3-10-28-23-29-11-8-17(30-23)19-18(15-4-6-16(25)7-5-15)31-20(32-19)21-34-13-24(2,14-35-21)22(33)27-12-9-26/h3-8,11,21H,1,9-10,12-14,26H2,2H3,(H,27,33)(H,31,32)(H,28,29,30). The molecule has 0 spiro atoms. The van der Waals surface area contributed by atoms with Crippen LogP contribution in [0.2, 0.25) is 0 Å². The van der Waals surface area contributed by atoms with Crippen LogP contribution >= 0.6 is 0 Å². The first-order valence-corrected chi connectivity index (χ1v) is 11.2. The van der Waals surface area contributed by atoms with Gasteiger partial charge in [-0.15, -0.1) is 6.58 Å². The minimum Gasteiger partial charge on any atom is -0.354 e. The number of aromatic nitrogens is 4. The van der Waals surface area contributed by atoms with Crippen molar-refractivity contribution in [3.63, 3.8) is 0 Å². The molecule has 0 aliphatic carbocycles. The van der Waals surface area contributed by atoms with E-state index in [2.05, 4.69) is 32.2 Å². The number of nitrogens with zero attached hydrogens (tertiary/aromatic N) is 3. The summed E-state index contributed by atoms with van der Waals surface area (Å²) < 4.78 is 25.3. The molecule has 3 heterocycles. The molecule has 0 radical (unpaired) electrons. The van der Waals surface area contributed by atoms with Crippen LogP contribution in [-0.4, -0.2) is 58.7 Å². The highest BCUT2D eigenvalue weighted by Gasteiger charge is 2.40. The van der Waals surface area contributed by atoms with Gasteiger partial charge in [-0.25, -0.2) is 19.3 Å². The highest BCUT2D eigenvalue weighted by molar-refractivity contribution is 5.82. The molecule has 5 N–H and O–H groups in total. The highest BCUT2D eigenvalue weighted by atomic mass is 19.1. The predicted octanol–water partition coefficient (Wildman–Crippen LogP) is 2.40. The van der Waals surface area contributed by atoms with E-state index in [1.165, 1.54) is 12.1 Å². The van der Waals surface area contributed by atoms with Gasteiger partial charge in [-0.1, -0.05) is 6.08 Å². The zero-order valence-electron chi connectivity index (χ0n) is 19.4. The number of nitrogens with two attached hydrogens (primary N) is 1. The van der Waals surface area contributed by atoms with Crippen molar-refractivity contribution in [2.24, 2.45) is 11.1 Å². The molecule has 4 rings (SSSR count). The first-order valence-electron chi connectivity index (χ1n) is 11.2. The second-order valence-electron chi connectivity index (χ2n) is 8.35. The second-order valence-corrected chi connectivity index (χ2v) is 8.35. The topological polar surface area (TPSA) is 140 Å². The Morgan fingerprint density at radius 2 is 2.03 bits per heavy atom. The molecular weight excluding hydrogens is 453 g/mol. The number of aromatic amines is 1. The molecule has 1 fully saturated rings. The van der Waals surface area contributed by atoms with E-state index in [-0.39, 0.29) is 24.9 Å². The van der Waals surface area contributed by atoms with Gasteiger partial charge in [-0.2, -0.15) is 0 Å². The van der Waals surface area contributed by atoms with E-state index in [0.717, 1.165) is 0 Å². The number of ether oxygens (including phenoxy) is 2. The van der Waals surface area contributed by atoms with Crippen molar-refractivity contribution in [1.29, 1.82) is 0 Å². The fourth-order valence-corrected chi connectivity index (χ4v) is 3.55. The summed E-state index contributed by atoms with van der Waals surface area (Å²) in [7, 11) is 0. The Kier molecular flexibility index (Phi) is 7.49. The van der Waals surface area contributed by atoms with Crippen molar-refractivity contribution in [3.05, 3.63) is 60.8 Å². The maximum absolute atomic E-state index is 13.6. The minimum atomic E-state index is -0.848. The van der Waals surface area contributed by atoms with Crippen LogP contribution in [0.25, 0.3) is 22.6 Å². The van der Waals surface area contributed by atoms with Crippen LogP contribution in [-0.2, 0) is 14.3 Å². The van der Waals surface area contributed by atoms with Crippen molar-refractivity contribution in [2.75, 3.05) is 38.2 Å². The molecule has 0 atom stereocenters. The average molecular weight is 482 g/mol. The Balaban J connectivity index is 1.63. The van der Waals surface area contributed by atoms with Gasteiger partial charge in [0.1, 0.15) is 5.82 Å². The number of carbonyl (C=O) groups is 1. The van der Waals surface area contributed by atoms with E-state index < -0.39 is 11.7 Å². The summed E-state index contributed by atoms with van der Waals surface area (Å²) in [6.07, 6.45) is 2.51. The van der Waals surface area contributed by atoms with Gasteiger partial charge in [0.25, 0.3) is 0 Å². The summed E-state index contributed by atoms with van der Waals surface area (Å²) in [5.41, 5.74) is 7.03. The lowest BCUT2D eigenvalue weighted by molar-refractivity contribution is -0.231. The van der Waals surface area contributed by atoms with Crippen LogP contribution < -0.4 is 16.4 Å². The monoisotopic (exact) mass is 481 g/mol. The molecule has 1 saturated heterocycles. The number of halogens is 1. The number of imidazole rings is 1. The minimum absolute atomic E-state index is 0.138. The lowest BCUT2D eigenvalue weighted by Gasteiger charge is -2.35. The third-order valence-electron chi connectivity index (χ3n) is 5.46. The molecule has 184 valence electrons. The maximum Gasteiger partial charge on any atom is 0.230 e. The van der Waals surface area contributed by atoms with Crippen LogP contribution in [0.5, 0.6) is 0 Å². The second kappa shape index (κ2) is 10.7. The molecule has 2 aromatic heterocycles. The quantitative estimate of drug-likeness (QED) is 0.342. The molecule has 10 nitrogen and oxygen atoms in total. The summed E-state index contributed by atoms with van der Waals surface area (Å²) in [6.45, 7) is 6.96. The zero-order chi connectivity index (χ0) is 24.8. The molecule has 1 aliphatic heterocycles. The van der Waals surface area contributed by atoms with E-state index in [1.54, 1.807) is 37.4 Å². The third-order valence-corrected chi connectivity index (χ3v) is 5.46. The van der Waals surface area contributed by atoms with Crippen LogP contribution in [0.4, 0.5) is 10.3 Å². The molecule has 11 heteroatoms. The van der Waals surface area contributed by atoms with E-state index >= 15 is 0 Å². The number of anilines is 1. The van der Waals surface area contributed by atoms with Gasteiger partial charge < -0.3 is 30.8 Å². The van der Waals surface area contributed by atoms with Gasteiger partial charge in [0.2, 0.25) is 18.1 Å². The molecule has 0 saturated carbocycles. The van der Waals surface area contributed by atoms with E-state index in [1.807, 2.05) is 0 Å². The van der Waals surface area contributed by atoms with E-state index in [9.17, 15) is 9.18 Å². The van der Waals surface area contributed by atoms with Gasteiger partial charge in [-0.3, -0.25) is 4.79 Å². The summed E-state index contributed by atoms with van der Waals surface area (Å²) in [5.74, 6) is 0.292. The number of H-pyrrole nitrogens is 1. The van der Waals surface area contributed by atoms with Gasteiger partial charge in [0.15, 0.2) is 5.82 Å². The Morgan fingerprint density at radius 3 is 2.71 bits per heavy atom. The molecule has 35 heavy (non-hydrogen) atoms. The number of hydrogen-bond donors (Lipinski definition) is 4. The molecule has 1 aromatic carbocycles. The summed E-state index contributed by atoms with van der Waals surface area (Å²) in [6, 6.07) is 7.74. The molecule has 3 aromatic rings. The van der Waals surface area contributed by atoms with Gasteiger partial charge in [0, 0.05) is 31.4 Å². The van der Waals surface area contributed by atoms with E-state index in [0.29, 0.717) is 54.1 Å². The summed E-state index contributed by atoms with van der Waals surface area (Å²) in [4.78, 5) is 29.2.